The molecule has 0 fully saturated rings. The molecule has 0 saturated carbocycles. The third-order valence-corrected chi connectivity index (χ3v) is 4.01. The summed E-state index contributed by atoms with van der Waals surface area (Å²) in [6.07, 6.45) is 3.36. The Morgan fingerprint density at radius 2 is 1.96 bits per heavy atom. The number of anilines is 3. The van der Waals surface area contributed by atoms with Crippen molar-refractivity contribution < 1.29 is 9.53 Å². The van der Waals surface area contributed by atoms with E-state index in [-0.39, 0.29) is 11.8 Å². The average Bonchev–Trinajstić information content (AvgIpc) is 2.58. The molecule has 5 nitrogen and oxygen atoms in total. The number of methoxy groups -OCH3 is 1. The Kier molecular flexibility index (Phi) is 6.18. The van der Waals surface area contributed by atoms with E-state index in [0.29, 0.717) is 5.82 Å². The molecular weight excluding hydrogens is 302 g/mol. The summed E-state index contributed by atoms with van der Waals surface area (Å²) in [5, 5.41) is 6.15. The van der Waals surface area contributed by atoms with Gasteiger partial charge in [0.1, 0.15) is 11.6 Å². The number of amides is 1. The summed E-state index contributed by atoms with van der Waals surface area (Å²) in [5.74, 6) is 1.38. The molecular formula is C19H25N3O2. The third-order valence-electron chi connectivity index (χ3n) is 4.01. The van der Waals surface area contributed by atoms with Crippen LogP contribution in [-0.4, -0.2) is 18.0 Å². The molecule has 5 heteroatoms. The van der Waals surface area contributed by atoms with E-state index in [9.17, 15) is 4.79 Å². The number of pyridine rings is 1. The molecule has 2 aromatic rings. The quantitative estimate of drug-likeness (QED) is 0.785. The molecule has 2 N–H and O–H groups in total. The molecule has 0 unspecified atom stereocenters. The van der Waals surface area contributed by atoms with Crippen LogP contribution in [-0.2, 0) is 4.79 Å². The molecule has 0 bridgehead atoms. The summed E-state index contributed by atoms with van der Waals surface area (Å²) in [7, 11) is 1.64. The van der Waals surface area contributed by atoms with E-state index < -0.39 is 0 Å². The zero-order valence-corrected chi connectivity index (χ0v) is 14.7. The van der Waals surface area contributed by atoms with Crippen molar-refractivity contribution in [3.8, 4) is 5.75 Å². The first-order valence-corrected chi connectivity index (χ1v) is 8.26. The Morgan fingerprint density at radius 1 is 1.21 bits per heavy atom. The molecule has 0 aliphatic rings. The maximum absolute atomic E-state index is 12.1. The molecule has 1 aromatic carbocycles. The lowest BCUT2D eigenvalue weighted by Gasteiger charge is -2.14. The minimum absolute atomic E-state index is 0.0218. The minimum Gasteiger partial charge on any atom is -0.495 e. The van der Waals surface area contributed by atoms with Crippen LogP contribution in [0.2, 0.25) is 0 Å². The van der Waals surface area contributed by atoms with Gasteiger partial charge in [0.25, 0.3) is 0 Å². The van der Waals surface area contributed by atoms with Crippen molar-refractivity contribution in [1.29, 1.82) is 0 Å². The molecule has 24 heavy (non-hydrogen) atoms. The van der Waals surface area contributed by atoms with Crippen molar-refractivity contribution in [2.24, 2.45) is 5.92 Å². The predicted octanol–water partition coefficient (Wildman–Crippen LogP) is 4.52. The van der Waals surface area contributed by atoms with Gasteiger partial charge in [0.2, 0.25) is 5.91 Å². The Labute approximate surface area is 143 Å². The van der Waals surface area contributed by atoms with E-state index in [4.69, 9.17) is 4.74 Å². The molecule has 2 rings (SSSR count). The van der Waals surface area contributed by atoms with E-state index >= 15 is 0 Å². The fraction of sp³-hybridized carbons (Fsp3) is 0.368. The van der Waals surface area contributed by atoms with Gasteiger partial charge in [-0.25, -0.2) is 4.98 Å². The van der Waals surface area contributed by atoms with Crippen molar-refractivity contribution >= 4 is 23.1 Å². The number of hydrogen-bond acceptors (Lipinski definition) is 4. The highest BCUT2D eigenvalue weighted by Crippen LogP contribution is 2.28. The summed E-state index contributed by atoms with van der Waals surface area (Å²) in [5.41, 5.74) is 2.85. The summed E-state index contributed by atoms with van der Waals surface area (Å²) < 4.78 is 5.36. The third kappa shape index (κ3) is 4.47. The van der Waals surface area contributed by atoms with Gasteiger partial charge < -0.3 is 15.4 Å². The molecule has 128 valence electrons. The lowest BCUT2D eigenvalue weighted by molar-refractivity contribution is -0.120. The van der Waals surface area contributed by atoms with Crippen LogP contribution in [0.4, 0.5) is 17.2 Å². The van der Waals surface area contributed by atoms with Gasteiger partial charge in [-0.1, -0.05) is 19.9 Å². The molecule has 0 aliphatic carbocycles. The summed E-state index contributed by atoms with van der Waals surface area (Å²) in [6, 6.07) is 9.62. The highest BCUT2D eigenvalue weighted by molar-refractivity contribution is 5.91. The van der Waals surface area contributed by atoms with Crippen molar-refractivity contribution in [2.45, 2.75) is 33.6 Å². The second kappa shape index (κ2) is 8.34. The van der Waals surface area contributed by atoms with Crippen molar-refractivity contribution in [3.05, 3.63) is 42.1 Å². The SMILES string of the molecule is CCC(CC)C(=O)Nc1ccc(Nc2cc(C)ccc2OC)cn1. The molecule has 1 heterocycles. The van der Waals surface area contributed by atoms with Crippen LogP contribution in [0.5, 0.6) is 5.75 Å². The first-order valence-electron chi connectivity index (χ1n) is 8.26. The lowest BCUT2D eigenvalue weighted by Crippen LogP contribution is -2.22. The van der Waals surface area contributed by atoms with Crippen molar-refractivity contribution in [1.82, 2.24) is 4.98 Å². The van der Waals surface area contributed by atoms with Gasteiger partial charge in [0, 0.05) is 5.92 Å². The average molecular weight is 327 g/mol. The molecule has 0 atom stereocenters. The molecule has 1 aromatic heterocycles. The van der Waals surface area contributed by atoms with Crippen LogP contribution in [0.3, 0.4) is 0 Å². The minimum atomic E-state index is 0.0218. The summed E-state index contributed by atoms with van der Waals surface area (Å²) in [4.78, 5) is 16.4. The lowest BCUT2D eigenvalue weighted by atomic mass is 10.0. The number of nitrogens with zero attached hydrogens (tertiary/aromatic N) is 1. The number of carbonyl (C=O) groups is 1. The van der Waals surface area contributed by atoms with Crippen molar-refractivity contribution in [3.63, 3.8) is 0 Å². The number of ether oxygens (including phenoxy) is 1. The summed E-state index contributed by atoms with van der Waals surface area (Å²) in [6.45, 7) is 6.06. The van der Waals surface area contributed by atoms with E-state index in [1.54, 1.807) is 19.4 Å². The number of carbonyl (C=O) groups excluding carboxylic acids is 1. The highest BCUT2D eigenvalue weighted by atomic mass is 16.5. The number of aromatic nitrogens is 1. The smallest absolute Gasteiger partial charge is 0.228 e. The second-order valence-electron chi connectivity index (χ2n) is 5.76. The number of benzene rings is 1. The van der Waals surface area contributed by atoms with Gasteiger partial charge >= 0.3 is 0 Å². The Bertz CT molecular complexity index is 680. The van der Waals surface area contributed by atoms with Crippen LogP contribution in [0, 0.1) is 12.8 Å². The molecule has 0 radical (unpaired) electrons. The zero-order chi connectivity index (χ0) is 17.5. The molecule has 1 amide bonds. The number of hydrogen-bond donors (Lipinski definition) is 2. The highest BCUT2D eigenvalue weighted by Gasteiger charge is 2.14. The fourth-order valence-electron chi connectivity index (χ4n) is 2.50. The van der Waals surface area contributed by atoms with Gasteiger partial charge in [-0.3, -0.25) is 4.79 Å². The van der Waals surface area contributed by atoms with Gasteiger partial charge in [0.05, 0.1) is 24.7 Å². The van der Waals surface area contributed by atoms with Crippen molar-refractivity contribution in [2.75, 3.05) is 17.7 Å². The second-order valence-corrected chi connectivity index (χ2v) is 5.76. The molecule has 0 spiro atoms. The van der Waals surface area contributed by atoms with E-state index in [1.807, 2.05) is 45.0 Å². The van der Waals surface area contributed by atoms with Crippen LogP contribution in [0.1, 0.15) is 32.3 Å². The van der Waals surface area contributed by atoms with Crippen LogP contribution in [0.15, 0.2) is 36.5 Å². The predicted molar refractivity (Wildman–Crippen MR) is 98.0 cm³/mol. The zero-order valence-electron chi connectivity index (χ0n) is 14.7. The van der Waals surface area contributed by atoms with Gasteiger partial charge in [-0.2, -0.15) is 0 Å². The van der Waals surface area contributed by atoms with Crippen LogP contribution in [0.25, 0.3) is 0 Å². The summed E-state index contributed by atoms with van der Waals surface area (Å²) >= 11 is 0. The fourth-order valence-corrected chi connectivity index (χ4v) is 2.50. The Morgan fingerprint density at radius 3 is 2.54 bits per heavy atom. The topological polar surface area (TPSA) is 63.2 Å². The van der Waals surface area contributed by atoms with Gasteiger partial charge in [-0.05, 0) is 49.6 Å². The molecule has 0 aliphatic heterocycles. The first kappa shape index (κ1) is 17.8. The maximum Gasteiger partial charge on any atom is 0.228 e. The number of rotatable bonds is 7. The number of aryl methyl sites for hydroxylation is 1. The first-order chi connectivity index (χ1) is 11.6. The Hall–Kier alpha value is -2.56. The van der Waals surface area contributed by atoms with Crippen LogP contribution >= 0.6 is 0 Å². The van der Waals surface area contributed by atoms with Gasteiger partial charge in [0.15, 0.2) is 0 Å². The van der Waals surface area contributed by atoms with E-state index in [0.717, 1.165) is 35.5 Å². The van der Waals surface area contributed by atoms with Gasteiger partial charge in [-0.15, -0.1) is 0 Å². The molecule has 0 saturated heterocycles. The van der Waals surface area contributed by atoms with E-state index in [1.165, 1.54) is 0 Å². The normalized spacial score (nSPS) is 10.5. The van der Waals surface area contributed by atoms with E-state index in [2.05, 4.69) is 15.6 Å². The monoisotopic (exact) mass is 327 g/mol. The Balaban J connectivity index is 2.07. The standard InChI is InChI=1S/C19H25N3O2/c1-5-14(6-2)19(23)22-18-10-8-15(12-20-18)21-16-11-13(3)7-9-17(16)24-4/h7-12,14,21H,5-6H2,1-4H3,(H,20,22,23). The number of nitrogens with one attached hydrogen (secondary N) is 2. The van der Waals surface area contributed by atoms with Crippen LogP contribution < -0.4 is 15.4 Å². The maximum atomic E-state index is 12.1. The largest absolute Gasteiger partial charge is 0.495 e.